The summed E-state index contributed by atoms with van der Waals surface area (Å²) in [6, 6.07) is 8.67. The minimum absolute atomic E-state index is 0.232. The average Bonchev–Trinajstić information content (AvgIpc) is 2.64. The zero-order chi connectivity index (χ0) is 16.8. The zero-order valence-electron chi connectivity index (χ0n) is 14.9. The van der Waals surface area contributed by atoms with Gasteiger partial charge in [0.25, 0.3) is 0 Å². The Balaban J connectivity index is 1.37. The quantitative estimate of drug-likeness (QED) is 0.831. The van der Waals surface area contributed by atoms with E-state index in [2.05, 4.69) is 36.1 Å². The summed E-state index contributed by atoms with van der Waals surface area (Å²) < 4.78 is 5.34. The highest BCUT2D eigenvalue weighted by Crippen LogP contribution is 2.21. The van der Waals surface area contributed by atoms with Crippen molar-refractivity contribution in [3.63, 3.8) is 0 Å². The van der Waals surface area contributed by atoms with Gasteiger partial charge in [0.15, 0.2) is 0 Å². The van der Waals surface area contributed by atoms with Gasteiger partial charge in [0, 0.05) is 19.0 Å². The largest absolute Gasteiger partial charge is 0.378 e. The van der Waals surface area contributed by atoms with E-state index in [1.165, 1.54) is 17.5 Å². The fourth-order valence-electron chi connectivity index (χ4n) is 3.83. The van der Waals surface area contributed by atoms with Crippen LogP contribution in [-0.4, -0.2) is 61.6 Å². The molecule has 2 fully saturated rings. The summed E-state index contributed by atoms with van der Waals surface area (Å²) in [6.07, 6.45) is 4.38. The molecule has 0 spiro atoms. The van der Waals surface area contributed by atoms with E-state index in [0.717, 1.165) is 52.0 Å². The van der Waals surface area contributed by atoms with E-state index in [9.17, 15) is 4.79 Å². The number of likely N-dealkylation sites (tertiary alicyclic amines) is 1. The first-order valence-electron chi connectivity index (χ1n) is 9.37. The molecule has 0 unspecified atom stereocenters. The molecule has 2 aliphatic rings. The summed E-state index contributed by atoms with van der Waals surface area (Å²) in [6.45, 7) is 8.41. The van der Waals surface area contributed by atoms with E-state index in [1.807, 2.05) is 4.90 Å². The highest BCUT2D eigenvalue weighted by Gasteiger charge is 2.29. The molecule has 0 aliphatic carbocycles. The number of amides is 1. The highest BCUT2D eigenvalue weighted by atomic mass is 16.5. The van der Waals surface area contributed by atoms with Crippen LogP contribution in [-0.2, 0) is 16.0 Å². The van der Waals surface area contributed by atoms with Crippen molar-refractivity contribution in [1.82, 2.24) is 9.80 Å². The number of piperidine rings is 1. The van der Waals surface area contributed by atoms with Gasteiger partial charge >= 0.3 is 0 Å². The Morgan fingerprint density at radius 1 is 1.12 bits per heavy atom. The van der Waals surface area contributed by atoms with Crippen LogP contribution in [0.15, 0.2) is 24.3 Å². The third kappa shape index (κ3) is 4.58. The van der Waals surface area contributed by atoms with Crippen LogP contribution in [0.1, 0.15) is 30.4 Å². The lowest BCUT2D eigenvalue weighted by Gasteiger charge is -2.35. The van der Waals surface area contributed by atoms with Gasteiger partial charge < -0.3 is 14.5 Å². The molecule has 0 radical (unpaired) electrons. The van der Waals surface area contributed by atoms with Crippen molar-refractivity contribution < 1.29 is 9.53 Å². The molecule has 1 amide bonds. The molecule has 0 aromatic heterocycles. The minimum atomic E-state index is 0.232. The summed E-state index contributed by atoms with van der Waals surface area (Å²) in [5, 5.41) is 0. The Morgan fingerprint density at radius 3 is 2.54 bits per heavy atom. The molecule has 0 bridgehead atoms. The number of benzene rings is 1. The SMILES string of the molecule is Cc1ccccc1CCCN1CCC(C(=O)N2CCOCC2)CC1. The first-order valence-corrected chi connectivity index (χ1v) is 9.37. The summed E-state index contributed by atoms with van der Waals surface area (Å²) in [7, 11) is 0. The summed E-state index contributed by atoms with van der Waals surface area (Å²) in [4.78, 5) is 17.1. The molecular weight excluding hydrogens is 300 g/mol. The second-order valence-corrected chi connectivity index (χ2v) is 7.08. The second-order valence-electron chi connectivity index (χ2n) is 7.08. The van der Waals surface area contributed by atoms with Crippen molar-refractivity contribution in [2.24, 2.45) is 5.92 Å². The Hall–Kier alpha value is -1.39. The fraction of sp³-hybridized carbons (Fsp3) is 0.650. The molecule has 2 saturated heterocycles. The van der Waals surface area contributed by atoms with Gasteiger partial charge in [-0.2, -0.15) is 0 Å². The molecule has 3 rings (SSSR count). The number of carbonyl (C=O) groups excluding carboxylic acids is 1. The van der Waals surface area contributed by atoms with Gasteiger partial charge in [-0.3, -0.25) is 4.79 Å². The number of aryl methyl sites for hydroxylation is 2. The van der Waals surface area contributed by atoms with Crippen molar-refractivity contribution in [2.45, 2.75) is 32.6 Å². The Morgan fingerprint density at radius 2 is 1.83 bits per heavy atom. The number of hydrogen-bond donors (Lipinski definition) is 0. The predicted molar refractivity (Wildman–Crippen MR) is 96.1 cm³/mol. The van der Waals surface area contributed by atoms with Gasteiger partial charge in [0.1, 0.15) is 0 Å². The van der Waals surface area contributed by atoms with Crippen LogP contribution in [0.4, 0.5) is 0 Å². The van der Waals surface area contributed by atoms with Crippen molar-refractivity contribution >= 4 is 5.91 Å². The van der Waals surface area contributed by atoms with Crippen LogP contribution in [0, 0.1) is 12.8 Å². The van der Waals surface area contributed by atoms with Gasteiger partial charge in [-0.05, 0) is 63.4 Å². The van der Waals surface area contributed by atoms with E-state index in [4.69, 9.17) is 4.74 Å². The summed E-state index contributed by atoms with van der Waals surface area (Å²) in [5.41, 5.74) is 2.86. The normalized spacial score (nSPS) is 20.3. The van der Waals surface area contributed by atoms with Crippen LogP contribution in [0.2, 0.25) is 0 Å². The molecule has 24 heavy (non-hydrogen) atoms. The number of hydrogen-bond acceptors (Lipinski definition) is 3. The van der Waals surface area contributed by atoms with Gasteiger partial charge in [-0.1, -0.05) is 24.3 Å². The third-order valence-electron chi connectivity index (χ3n) is 5.44. The van der Waals surface area contributed by atoms with Crippen molar-refractivity contribution in [1.29, 1.82) is 0 Å². The first kappa shape index (κ1) is 17.4. The van der Waals surface area contributed by atoms with Crippen LogP contribution in [0.25, 0.3) is 0 Å². The summed E-state index contributed by atoms with van der Waals surface area (Å²) >= 11 is 0. The van der Waals surface area contributed by atoms with Gasteiger partial charge in [0.05, 0.1) is 13.2 Å². The molecule has 1 aromatic carbocycles. The third-order valence-corrected chi connectivity index (χ3v) is 5.44. The van der Waals surface area contributed by atoms with Crippen LogP contribution in [0.3, 0.4) is 0 Å². The van der Waals surface area contributed by atoms with E-state index in [-0.39, 0.29) is 5.92 Å². The lowest BCUT2D eigenvalue weighted by atomic mass is 9.94. The number of carbonyl (C=O) groups is 1. The molecule has 2 aliphatic heterocycles. The number of morpholine rings is 1. The molecule has 1 aromatic rings. The molecule has 4 nitrogen and oxygen atoms in total. The maximum absolute atomic E-state index is 12.5. The van der Waals surface area contributed by atoms with E-state index < -0.39 is 0 Å². The second kappa shape index (κ2) is 8.63. The maximum atomic E-state index is 12.5. The molecule has 0 atom stereocenters. The summed E-state index contributed by atoms with van der Waals surface area (Å²) in [5.74, 6) is 0.591. The van der Waals surface area contributed by atoms with Gasteiger partial charge in [-0.25, -0.2) is 0 Å². The maximum Gasteiger partial charge on any atom is 0.225 e. The molecular formula is C20H30N2O2. The van der Waals surface area contributed by atoms with Crippen molar-refractivity contribution in [2.75, 3.05) is 45.9 Å². The van der Waals surface area contributed by atoms with Crippen LogP contribution < -0.4 is 0 Å². The Labute approximate surface area is 145 Å². The van der Waals surface area contributed by atoms with Gasteiger partial charge in [0.2, 0.25) is 5.91 Å². The smallest absolute Gasteiger partial charge is 0.225 e. The Bertz CT molecular complexity index is 532. The molecule has 4 heteroatoms. The lowest BCUT2D eigenvalue weighted by molar-refractivity contribution is -0.141. The van der Waals surface area contributed by atoms with Crippen LogP contribution >= 0.6 is 0 Å². The first-order chi connectivity index (χ1) is 11.7. The molecule has 0 saturated carbocycles. The lowest BCUT2D eigenvalue weighted by Crippen LogP contribution is -2.46. The van der Waals surface area contributed by atoms with E-state index in [0.29, 0.717) is 19.1 Å². The molecule has 0 N–H and O–H groups in total. The number of nitrogens with zero attached hydrogens (tertiary/aromatic N) is 2. The predicted octanol–water partition coefficient (Wildman–Crippen LogP) is 2.50. The fourth-order valence-corrected chi connectivity index (χ4v) is 3.83. The van der Waals surface area contributed by atoms with Crippen molar-refractivity contribution in [3.8, 4) is 0 Å². The van der Waals surface area contributed by atoms with Crippen LogP contribution in [0.5, 0.6) is 0 Å². The van der Waals surface area contributed by atoms with E-state index >= 15 is 0 Å². The van der Waals surface area contributed by atoms with Crippen molar-refractivity contribution in [3.05, 3.63) is 35.4 Å². The van der Waals surface area contributed by atoms with E-state index in [1.54, 1.807) is 0 Å². The minimum Gasteiger partial charge on any atom is -0.378 e. The molecule has 132 valence electrons. The zero-order valence-corrected chi connectivity index (χ0v) is 14.9. The van der Waals surface area contributed by atoms with Gasteiger partial charge in [-0.15, -0.1) is 0 Å². The highest BCUT2D eigenvalue weighted by molar-refractivity contribution is 5.79. The molecule has 2 heterocycles. The monoisotopic (exact) mass is 330 g/mol. The topological polar surface area (TPSA) is 32.8 Å². The number of rotatable bonds is 5. The average molecular weight is 330 g/mol. The Kier molecular flexibility index (Phi) is 6.27. The standard InChI is InChI=1S/C20H30N2O2/c1-17-5-2-3-6-18(17)7-4-10-21-11-8-19(9-12-21)20(23)22-13-15-24-16-14-22/h2-3,5-6,19H,4,7-16H2,1H3. The number of ether oxygens (including phenoxy) is 1.